The summed E-state index contributed by atoms with van der Waals surface area (Å²) in [5, 5.41) is 12.8. The summed E-state index contributed by atoms with van der Waals surface area (Å²) in [6, 6.07) is 20.6. The van der Waals surface area contributed by atoms with Gasteiger partial charge in [-0.2, -0.15) is 10.2 Å². The highest BCUT2D eigenvalue weighted by Crippen LogP contribution is 2.25. The fourth-order valence-electron chi connectivity index (χ4n) is 3.03. The molecule has 0 aliphatic carbocycles. The number of nitrogens with one attached hydrogen (secondary N) is 1. The van der Waals surface area contributed by atoms with Crippen LogP contribution in [0.5, 0.6) is 11.6 Å². The Morgan fingerprint density at radius 3 is 2.55 bits per heavy atom. The van der Waals surface area contributed by atoms with Crippen molar-refractivity contribution in [3.63, 3.8) is 0 Å². The highest BCUT2D eigenvalue weighted by molar-refractivity contribution is 6.30. The van der Waals surface area contributed by atoms with Gasteiger partial charge in [-0.3, -0.25) is 14.0 Å². The molecule has 162 valence electrons. The van der Waals surface area contributed by atoms with Crippen LogP contribution in [0, 0.1) is 18.3 Å². The van der Waals surface area contributed by atoms with Crippen LogP contribution in [0.4, 0.5) is 5.69 Å². The number of amides is 1. The standard InChI is InChI=1S/C25H17ClN4O3/c1-16-5-9-19(10-6-16)28-23(31)17(15-27)14-21-24(33-20-11-7-18(26)8-12-20)29-22-4-2-3-13-30(22)25(21)32/h2-14H,1H3,(H,28,31). The Bertz CT molecular complexity index is 1470. The largest absolute Gasteiger partial charge is 0.438 e. The lowest BCUT2D eigenvalue weighted by Gasteiger charge is -2.10. The van der Waals surface area contributed by atoms with Crippen molar-refractivity contribution < 1.29 is 9.53 Å². The maximum atomic E-state index is 13.2. The van der Waals surface area contributed by atoms with Gasteiger partial charge in [-0.25, -0.2) is 0 Å². The van der Waals surface area contributed by atoms with E-state index >= 15 is 0 Å². The predicted molar refractivity (Wildman–Crippen MR) is 126 cm³/mol. The number of halogens is 1. The van der Waals surface area contributed by atoms with E-state index in [1.54, 1.807) is 60.8 Å². The molecule has 0 aliphatic rings. The molecule has 0 radical (unpaired) electrons. The maximum absolute atomic E-state index is 13.2. The zero-order valence-corrected chi connectivity index (χ0v) is 18.2. The lowest BCUT2D eigenvalue weighted by molar-refractivity contribution is -0.112. The van der Waals surface area contributed by atoms with Gasteiger partial charge in [0, 0.05) is 16.9 Å². The molecule has 0 saturated heterocycles. The first kappa shape index (κ1) is 21.8. The number of nitriles is 1. The van der Waals surface area contributed by atoms with Crippen molar-refractivity contribution in [2.24, 2.45) is 0 Å². The normalized spacial score (nSPS) is 11.1. The number of carbonyl (C=O) groups excluding carboxylic acids is 1. The van der Waals surface area contributed by atoms with E-state index in [0.29, 0.717) is 22.1 Å². The number of nitrogens with zero attached hydrogens (tertiary/aromatic N) is 3. The van der Waals surface area contributed by atoms with Crippen molar-refractivity contribution in [2.75, 3.05) is 5.32 Å². The Morgan fingerprint density at radius 2 is 1.85 bits per heavy atom. The molecule has 1 amide bonds. The first-order valence-electron chi connectivity index (χ1n) is 9.89. The monoisotopic (exact) mass is 456 g/mol. The highest BCUT2D eigenvalue weighted by Gasteiger charge is 2.17. The minimum atomic E-state index is -0.656. The number of aryl methyl sites for hydroxylation is 1. The van der Waals surface area contributed by atoms with Gasteiger partial charge in [0.15, 0.2) is 0 Å². The number of ether oxygens (including phenoxy) is 1. The highest BCUT2D eigenvalue weighted by atomic mass is 35.5. The van der Waals surface area contributed by atoms with Crippen LogP contribution >= 0.6 is 11.6 Å². The molecule has 0 saturated carbocycles. The van der Waals surface area contributed by atoms with Gasteiger partial charge < -0.3 is 10.1 Å². The molecule has 0 spiro atoms. The van der Waals surface area contributed by atoms with E-state index in [1.807, 2.05) is 25.1 Å². The number of anilines is 1. The van der Waals surface area contributed by atoms with Crippen LogP contribution in [0.3, 0.4) is 0 Å². The average molecular weight is 457 g/mol. The van der Waals surface area contributed by atoms with Gasteiger partial charge in [-0.1, -0.05) is 35.4 Å². The maximum Gasteiger partial charge on any atom is 0.269 e. The number of carbonyl (C=O) groups is 1. The van der Waals surface area contributed by atoms with Crippen LogP contribution in [0.25, 0.3) is 11.7 Å². The number of aromatic nitrogens is 2. The summed E-state index contributed by atoms with van der Waals surface area (Å²) in [6.45, 7) is 1.93. The summed E-state index contributed by atoms with van der Waals surface area (Å²) in [6.07, 6.45) is 2.73. The van der Waals surface area contributed by atoms with Crippen molar-refractivity contribution in [1.29, 1.82) is 5.26 Å². The Labute approximate surface area is 194 Å². The Balaban J connectivity index is 1.78. The molecule has 8 heteroatoms. The van der Waals surface area contributed by atoms with Gasteiger partial charge in [0.05, 0.1) is 0 Å². The van der Waals surface area contributed by atoms with Gasteiger partial charge >= 0.3 is 0 Å². The fraction of sp³-hybridized carbons (Fsp3) is 0.0400. The molecular formula is C25H17ClN4O3. The number of pyridine rings is 1. The number of hydrogen-bond donors (Lipinski definition) is 1. The van der Waals surface area contributed by atoms with E-state index in [0.717, 1.165) is 5.56 Å². The summed E-state index contributed by atoms with van der Waals surface area (Å²) in [5.74, 6) is -0.301. The van der Waals surface area contributed by atoms with Crippen molar-refractivity contribution in [3.05, 3.63) is 105 Å². The lowest BCUT2D eigenvalue weighted by Crippen LogP contribution is -2.20. The minimum absolute atomic E-state index is 0.0376. The number of benzene rings is 2. The Kier molecular flexibility index (Phi) is 6.20. The summed E-state index contributed by atoms with van der Waals surface area (Å²) in [4.78, 5) is 30.3. The van der Waals surface area contributed by atoms with Crippen LogP contribution in [0.15, 0.2) is 83.3 Å². The molecule has 2 aromatic heterocycles. The molecule has 4 rings (SSSR count). The third-order valence-electron chi connectivity index (χ3n) is 4.73. The average Bonchev–Trinajstić information content (AvgIpc) is 2.82. The summed E-state index contributed by atoms with van der Waals surface area (Å²) >= 11 is 5.93. The van der Waals surface area contributed by atoms with E-state index in [2.05, 4.69) is 10.3 Å². The van der Waals surface area contributed by atoms with Crippen LogP contribution < -0.4 is 15.6 Å². The molecule has 33 heavy (non-hydrogen) atoms. The molecule has 1 N–H and O–H groups in total. The summed E-state index contributed by atoms with van der Waals surface area (Å²) < 4.78 is 7.15. The lowest BCUT2D eigenvalue weighted by atomic mass is 10.1. The van der Waals surface area contributed by atoms with Crippen molar-refractivity contribution in [1.82, 2.24) is 9.38 Å². The summed E-state index contributed by atoms with van der Waals surface area (Å²) in [7, 11) is 0. The topological polar surface area (TPSA) is 96.5 Å². The Morgan fingerprint density at radius 1 is 1.12 bits per heavy atom. The predicted octanol–water partition coefficient (Wildman–Crippen LogP) is 4.99. The van der Waals surface area contributed by atoms with Crippen molar-refractivity contribution >= 4 is 34.9 Å². The van der Waals surface area contributed by atoms with E-state index < -0.39 is 11.5 Å². The number of rotatable bonds is 5. The van der Waals surface area contributed by atoms with Gasteiger partial charge in [-0.05, 0) is 61.5 Å². The third-order valence-corrected chi connectivity index (χ3v) is 4.98. The molecule has 2 heterocycles. The van der Waals surface area contributed by atoms with Crippen LogP contribution in [0.2, 0.25) is 5.02 Å². The second kappa shape index (κ2) is 9.39. The third kappa shape index (κ3) is 4.92. The molecule has 2 aromatic carbocycles. The fourth-order valence-corrected chi connectivity index (χ4v) is 3.15. The zero-order valence-electron chi connectivity index (χ0n) is 17.4. The van der Waals surface area contributed by atoms with E-state index in [-0.39, 0.29) is 17.0 Å². The van der Waals surface area contributed by atoms with E-state index in [9.17, 15) is 14.9 Å². The first-order chi connectivity index (χ1) is 15.9. The van der Waals surface area contributed by atoms with Gasteiger partial charge in [-0.15, -0.1) is 0 Å². The molecular weight excluding hydrogens is 440 g/mol. The van der Waals surface area contributed by atoms with Crippen molar-refractivity contribution in [3.8, 4) is 17.7 Å². The molecule has 0 unspecified atom stereocenters. The second-order valence-electron chi connectivity index (χ2n) is 7.11. The van der Waals surface area contributed by atoms with E-state index in [1.165, 1.54) is 10.5 Å². The van der Waals surface area contributed by atoms with Gasteiger partial charge in [0.2, 0.25) is 5.88 Å². The first-order valence-corrected chi connectivity index (χ1v) is 10.3. The number of hydrogen-bond acceptors (Lipinski definition) is 5. The Hall–Kier alpha value is -4.41. The molecule has 0 bridgehead atoms. The summed E-state index contributed by atoms with van der Waals surface area (Å²) in [5.41, 5.74) is 1.11. The zero-order chi connectivity index (χ0) is 23.4. The molecule has 0 aliphatic heterocycles. The number of fused-ring (bicyclic) bond motifs is 1. The smallest absolute Gasteiger partial charge is 0.269 e. The van der Waals surface area contributed by atoms with Gasteiger partial charge in [0.25, 0.3) is 11.5 Å². The van der Waals surface area contributed by atoms with Crippen LogP contribution in [0.1, 0.15) is 11.1 Å². The molecule has 7 nitrogen and oxygen atoms in total. The quantitative estimate of drug-likeness (QED) is 0.337. The van der Waals surface area contributed by atoms with Crippen molar-refractivity contribution in [2.45, 2.75) is 6.92 Å². The minimum Gasteiger partial charge on any atom is -0.438 e. The van der Waals surface area contributed by atoms with Gasteiger partial charge in [0.1, 0.15) is 28.6 Å². The van der Waals surface area contributed by atoms with Crippen LogP contribution in [-0.2, 0) is 4.79 Å². The molecule has 0 atom stereocenters. The van der Waals surface area contributed by atoms with E-state index in [4.69, 9.17) is 16.3 Å². The second-order valence-corrected chi connectivity index (χ2v) is 7.55. The SMILES string of the molecule is Cc1ccc(NC(=O)C(C#N)=Cc2c(Oc3ccc(Cl)cc3)nc3ccccn3c2=O)cc1. The molecule has 0 fully saturated rings. The van der Waals surface area contributed by atoms with Crippen LogP contribution in [-0.4, -0.2) is 15.3 Å². The molecule has 4 aromatic rings.